The lowest BCUT2D eigenvalue weighted by Gasteiger charge is -2.19. The molecule has 2 amide bonds. The van der Waals surface area contributed by atoms with Gasteiger partial charge in [0, 0.05) is 44.7 Å². The molecule has 1 atom stereocenters. The SMILES string of the molecule is CCn1nccc1C(=O)NC(CCCC(Cl)Cl)C(=O)Nc1cnc(-c2c(C)nn(COCC[Si](C)(C)C)c2C)c(F)c1. The van der Waals surface area contributed by atoms with Crippen molar-refractivity contribution in [2.45, 2.75) is 89.9 Å². The van der Waals surface area contributed by atoms with E-state index in [1.54, 1.807) is 17.7 Å². The zero-order valence-corrected chi connectivity index (χ0v) is 27.5. The van der Waals surface area contributed by atoms with Gasteiger partial charge in [0.15, 0.2) is 5.82 Å². The fraction of sp³-hybridized carbons (Fsp3) is 0.536. The summed E-state index contributed by atoms with van der Waals surface area (Å²) in [6.07, 6.45) is 4.11. The summed E-state index contributed by atoms with van der Waals surface area (Å²) in [6, 6.07) is 2.90. The second kappa shape index (κ2) is 15.1. The molecule has 0 saturated heterocycles. The van der Waals surface area contributed by atoms with Crippen LogP contribution in [-0.4, -0.2) is 61.9 Å². The normalized spacial score (nSPS) is 12.5. The summed E-state index contributed by atoms with van der Waals surface area (Å²) < 4.78 is 24.4. The molecular formula is C28H40Cl2FN7O3Si. The smallest absolute Gasteiger partial charge is 0.270 e. The van der Waals surface area contributed by atoms with Gasteiger partial charge in [0.05, 0.1) is 17.6 Å². The van der Waals surface area contributed by atoms with Gasteiger partial charge in [-0.05, 0) is 52.1 Å². The third-order valence-electron chi connectivity index (χ3n) is 6.72. The summed E-state index contributed by atoms with van der Waals surface area (Å²) >= 11 is 11.7. The van der Waals surface area contributed by atoms with Gasteiger partial charge < -0.3 is 15.4 Å². The van der Waals surface area contributed by atoms with Gasteiger partial charge in [0.25, 0.3) is 5.91 Å². The zero-order valence-electron chi connectivity index (χ0n) is 25.0. The highest BCUT2D eigenvalue weighted by Crippen LogP contribution is 2.29. The Kier molecular flexibility index (Phi) is 12.1. The average Bonchev–Trinajstić information content (AvgIpc) is 3.49. The van der Waals surface area contributed by atoms with E-state index < -0.39 is 36.6 Å². The molecule has 0 aliphatic carbocycles. The highest BCUT2D eigenvalue weighted by molar-refractivity contribution is 6.76. The maximum absolute atomic E-state index is 15.4. The average molecular weight is 641 g/mol. The number of carbonyl (C=O) groups excluding carboxylic acids is 2. The lowest BCUT2D eigenvalue weighted by atomic mass is 10.1. The number of ether oxygens (including phenoxy) is 1. The summed E-state index contributed by atoms with van der Waals surface area (Å²) in [5, 5.41) is 14.1. The molecule has 0 radical (unpaired) electrons. The van der Waals surface area contributed by atoms with Crippen molar-refractivity contribution in [2.75, 3.05) is 11.9 Å². The molecule has 2 N–H and O–H groups in total. The van der Waals surface area contributed by atoms with Gasteiger partial charge in [-0.15, -0.1) is 23.2 Å². The molecule has 10 nitrogen and oxygen atoms in total. The molecule has 0 fully saturated rings. The number of halogens is 3. The van der Waals surface area contributed by atoms with E-state index in [4.69, 9.17) is 27.9 Å². The van der Waals surface area contributed by atoms with Crippen LogP contribution >= 0.6 is 23.2 Å². The van der Waals surface area contributed by atoms with Crippen molar-refractivity contribution in [2.24, 2.45) is 0 Å². The molecule has 0 saturated carbocycles. The van der Waals surface area contributed by atoms with Crippen molar-refractivity contribution in [3.8, 4) is 11.3 Å². The Bertz CT molecular complexity index is 1370. The first kappa shape index (κ1) is 33.7. The van der Waals surface area contributed by atoms with Crippen LogP contribution in [-0.2, 0) is 22.8 Å². The third kappa shape index (κ3) is 9.35. The molecule has 3 aromatic rings. The van der Waals surface area contributed by atoms with Crippen LogP contribution in [0.1, 0.15) is 48.1 Å². The van der Waals surface area contributed by atoms with Crippen molar-refractivity contribution < 1.29 is 18.7 Å². The fourth-order valence-electron chi connectivity index (χ4n) is 4.37. The lowest BCUT2D eigenvalue weighted by molar-refractivity contribution is -0.118. The number of rotatable bonds is 15. The van der Waals surface area contributed by atoms with Crippen LogP contribution in [0.15, 0.2) is 24.5 Å². The van der Waals surface area contributed by atoms with Crippen LogP contribution in [0.4, 0.5) is 10.1 Å². The van der Waals surface area contributed by atoms with E-state index in [0.29, 0.717) is 42.9 Å². The second-order valence-electron chi connectivity index (χ2n) is 11.3. The number of carbonyl (C=O) groups is 2. The Hall–Kier alpha value is -2.80. The van der Waals surface area contributed by atoms with Gasteiger partial charge in [-0.1, -0.05) is 19.6 Å². The largest absolute Gasteiger partial charge is 0.360 e. The maximum atomic E-state index is 15.4. The summed E-state index contributed by atoms with van der Waals surface area (Å²) in [7, 11) is -1.21. The topological polar surface area (TPSA) is 116 Å². The molecule has 3 rings (SSSR count). The quantitative estimate of drug-likeness (QED) is 0.121. The van der Waals surface area contributed by atoms with Gasteiger partial charge in [-0.25, -0.2) is 9.07 Å². The minimum atomic E-state index is -1.21. The predicted molar refractivity (Wildman–Crippen MR) is 166 cm³/mol. The first-order valence-corrected chi connectivity index (χ1v) is 18.6. The Morgan fingerprint density at radius 1 is 1.17 bits per heavy atom. The Balaban J connectivity index is 1.73. The number of alkyl halides is 2. The molecule has 3 aromatic heterocycles. The monoisotopic (exact) mass is 639 g/mol. The number of aromatic nitrogens is 5. The third-order valence-corrected chi connectivity index (χ3v) is 8.86. The number of nitrogens with zero attached hydrogens (tertiary/aromatic N) is 5. The second-order valence-corrected chi connectivity index (χ2v) is 18.2. The van der Waals surface area contributed by atoms with Gasteiger partial charge in [0.2, 0.25) is 5.91 Å². The molecule has 42 heavy (non-hydrogen) atoms. The van der Waals surface area contributed by atoms with Crippen LogP contribution < -0.4 is 10.6 Å². The number of amides is 2. The van der Waals surface area contributed by atoms with Crippen LogP contribution in [0.25, 0.3) is 11.3 Å². The first-order valence-electron chi connectivity index (χ1n) is 14.0. The van der Waals surface area contributed by atoms with Crippen LogP contribution in [0.3, 0.4) is 0 Å². The molecule has 1 unspecified atom stereocenters. The van der Waals surface area contributed by atoms with E-state index in [-0.39, 0.29) is 24.5 Å². The van der Waals surface area contributed by atoms with E-state index in [1.165, 1.54) is 23.1 Å². The van der Waals surface area contributed by atoms with Crippen molar-refractivity contribution in [3.63, 3.8) is 0 Å². The number of nitrogens with one attached hydrogen (secondary N) is 2. The molecule has 0 aromatic carbocycles. The first-order chi connectivity index (χ1) is 19.8. The Morgan fingerprint density at radius 3 is 2.55 bits per heavy atom. The Morgan fingerprint density at radius 2 is 1.90 bits per heavy atom. The molecule has 0 bridgehead atoms. The number of hydrogen-bond acceptors (Lipinski definition) is 6. The lowest BCUT2D eigenvalue weighted by Crippen LogP contribution is -2.44. The number of hydrogen-bond donors (Lipinski definition) is 2. The van der Waals surface area contributed by atoms with E-state index in [9.17, 15) is 9.59 Å². The summed E-state index contributed by atoms with van der Waals surface area (Å²) in [6.45, 7) is 13.8. The fourth-order valence-corrected chi connectivity index (χ4v) is 5.43. The molecule has 0 spiro atoms. The predicted octanol–water partition coefficient (Wildman–Crippen LogP) is 5.94. The molecule has 14 heteroatoms. The minimum absolute atomic E-state index is 0.129. The van der Waals surface area contributed by atoms with Crippen molar-refractivity contribution in [1.29, 1.82) is 0 Å². The molecule has 3 heterocycles. The van der Waals surface area contributed by atoms with Gasteiger partial charge in [-0.2, -0.15) is 10.2 Å². The van der Waals surface area contributed by atoms with Gasteiger partial charge in [-0.3, -0.25) is 19.3 Å². The molecule has 0 aliphatic heterocycles. The van der Waals surface area contributed by atoms with Crippen molar-refractivity contribution in [1.82, 2.24) is 29.9 Å². The van der Waals surface area contributed by atoms with Crippen LogP contribution in [0.2, 0.25) is 25.7 Å². The number of pyridine rings is 1. The van der Waals surface area contributed by atoms with E-state index in [1.807, 2.05) is 13.8 Å². The Labute approximate surface area is 257 Å². The molecule has 230 valence electrons. The summed E-state index contributed by atoms with van der Waals surface area (Å²) in [4.78, 5) is 29.9. The molecule has 0 aliphatic rings. The van der Waals surface area contributed by atoms with E-state index in [0.717, 1.165) is 11.7 Å². The number of aryl methyl sites for hydroxylation is 2. The highest BCUT2D eigenvalue weighted by Gasteiger charge is 2.25. The summed E-state index contributed by atoms with van der Waals surface area (Å²) in [5.41, 5.74) is 2.54. The standard InChI is InChI=1S/C28H40Cl2FN7O3Si/c1-7-37-23(11-12-33-37)28(40)35-22(9-8-10-24(29)30)27(39)34-20-15-21(31)26(32-16-20)25-18(2)36-38(19(25)3)17-41-13-14-42(4,5)6/h11-12,15-16,22,24H,7-10,13-14,17H2,1-6H3,(H,34,39)(H,35,40). The summed E-state index contributed by atoms with van der Waals surface area (Å²) in [5.74, 6) is -1.58. The van der Waals surface area contributed by atoms with Crippen LogP contribution in [0, 0.1) is 19.7 Å². The van der Waals surface area contributed by atoms with Crippen molar-refractivity contribution >= 4 is 48.8 Å². The van der Waals surface area contributed by atoms with Crippen molar-refractivity contribution in [3.05, 3.63) is 47.4 Å². The minimum Gasteiger partial charge on any atom is -0.360 e. The zero-order chi connectivity index (χ0) is 31.0. The highest BCUT2D eigenvalue weighted by atomic mass is 35.5. The molecular weight excluding hydrogens is 600 g/mol. The maximum Gasteiger partial charge on any atom is 0.270 e. The van der Waals surface area contributed by atoms with E-state index >= 15 is 4.39 Å². The number of anilines is 1. The van der Waals surface area contributed by atoms with Gasteiger partial charge >= 0.3 is 0 Å². The van der Waals surface area contributed by atoms with Gasteiger partial charge in [0.1, 0.15) is 29.0 Å². The van der Waals surface area contributed by atoms with E-state index in [2.05, 4.69) is 45.5 Å². The van der Waals surface area contributed by atoms with Crippen LogP contribution in [0.5, 0.6) is 0 Å².